The van der Waals surface area contributed by atoms with Crippen LogP contribution in [0, 0.1) is 26.6 Å². The largest absolute Gasteiger partial charge is 0.465 e. The molecule has 0 aliphatic rings. The number of carbonyl (C=O) groups excluding carboxylic acids is 1. The van der Waals surface area contributed by atoms with Crippen molar-refractivity contribution in [3.63, 3.8) is 0 Å². The number of thiophene rings is 1. The molecule has 0 aliphatic carbocycles. The molecule has 122 valence electrons. The number of hydrogen-bond donors (Lipinski definition) is 2. The average Bonchev–Trinajstić information content (AvgIpc) is 2.76. The Hall–Kier alpha value is -1.99. The SMILES string of the molecule is COC(=O)c1c(NC(=S)Nc2cc(F)ccc2C)sc(C)c1C. The minimum Gasteiger partial charge on any atom is -0.465 e. The van der Waals surface area contributed by atoms with Gasteiger partial charge >= 0.3 is 5.97 Å². The van der Waals surface area contributed by atoms with Crippen LogP contribution in [0.25, 0.3) is 0 Å². The average molecular weight is 352 g/mol. The van der Waals surface area contributed by atoms with Crippen LogP contribution in [-0.2, 0) is 4.74 Å². The highest BCUT2D eigenvalue weighted by Crippen LogP contribution is 2.33. The van der Waals surface area contributed by atoms with Gasteiger partial charge in [0.15, 0.2) is 5.11 Å². The molecule has 0 bridgehead atoms. The van der Waals surface area contributed by atoms with Gasteiger partial charge < -0.3 is 15.4 Å². The first-order valence-corrected chi connectivity index (χ1v) is 8.08. The first kappa shape index (κ1) is 17.4. The highest BCUT2D eigenvalue weighted by molar-refractivity contribution is 7.80. The zero-order valence-electron chi connectivity index (χ0n) is 13.2. The van der Waals surface area contributed by atoms with E-state index in [9.17, 15) is 9.18 Å². The van der Waals surface area contributed by atoms with E-state index in [1.807, 2.05) is 20.8 Å². The number of rotatable bonds is 3. The number of nitrogens with one attached hydrogen (secondary N) is 2. The predicted octanol–water partition coefficient (Wildman–Crippen LogP) is 4.41. The van der Waals surface area contributed by atoms with Crippen LogP contribution >= 0.6 is 23.6 Å². The molecule has 2 rings (SSSR count). The van der Waals surface area contributed by atoms with Gasteiger partial charge in [-0.2, -0.15) is 0 Å². The normalized spacial score (nSPS) is 10.3. The first-order chi connectivity index (χ1) is 10.8. The Morgan fingerprint density at radius 1 is 1.26 bits per heavy atom. The molecule has 0 unspecified atom stereocenters. The van der Waals surface area contributed by atoms with Crippen LogP contribution in [0.4, 0.5) is 15.1 Å². The number of halogens is 1. The van der Waals surface area contributed by atoms with Crippen molar-refractivity contribution in [2.45, 2.75) is 20.8 Å². The molecule has 2 N–H and O–H groups in total. The molecular weight excluding hydrogens is 335 g/mol. The molecular formula is C16H17FN2O2S2. The van der Waals surface area contributed by atoms with Crippen molar-refractivity contribution in [2.24, 2.45) is 0 Å². The minimum absolute atomic E-state index is 0.283. The molecule has 23 heavy (non-hydrogen) atoms. The molecule has 7 heteroatoms. The van der Waals surface area contributed by atoms with Gasteiger partial charge in [-0.3, -0.25) is 0 Å². The number of methoxy groups -OCH3 is 1. The highest BCUT2D eigenvalue weighted by atomic mass is 32.1. The smallest absolute Gasteiger partial charge is 0.341 e. The number of thiocarbonyl (C=S) groups is 1. The number of carbonyl (C=O) groups is 1. The Morgan fingerprint density at radius 3 is 2.61 bits per heavy atom. The van der Waals surface area contributed by atoms with Crippen molar-refractivity contribution in [3.05, 3.63) is 45.6 Å². The molecule has 0 aliphatic heterocycles. The third-order valence-electron chi connectivity index (χ3n) is 3.45. The fourth-order valence-electron chi connectivity index (χ4n) is 2.05. The lowest BCUT2D eigenvalue weighted by Crippen LogP contribution is -2.20. The third kappa shape index (κ3) is 3.86. The topological polar surface area (TPSA) is 50.4 Å². The van der Waals surface area contributed by atoms with Gasteiger partial charge in [-0.1, -0.05) is 6.07 Å². The summed E-state index contributed by atoms with van der Waals surface area (Å²) < 4.78 is 18.2. The van der Waals surface area contributed by atoms with Crippen molar-refractivity contribution in [3.8, 4) is 0 Å². The van der Waals surface area contributed by atoms with E-state index in [2.05, 4.69) is 10.6 Å². The molecule has 1 aromatic carbocycles. The molecule has 2 aromatic rings. The van der Waals surface area contributed by atoms with E-state index in [4.69, 9.17) is 17.0 Å². The van der Waals surface area contributed by atoms with Gasteiger partial charge in [0.05, 0.1) is 12.7 Å². The standard InChI is InChI=1S/C16H17FN2O2S2/c1-8-5-6-11(17)7-12(8)18-16(22)19-14-13(15(20)21-4)9(2)10(3)23-14/h5-7H,1-4H3,(H2,18,19,22). The molecule has 0 amide bonds. The number of aryl methyl sites for hydroxylation is 2. The summed E-state index contributed by atoms with van der Waals surface area (Å²) >= 11 is 6.68. The lowest BCUT2D eigenvalue weighted by atomic mass is 10.1. The summed E-state index contributed by atoms with van der Waals surface area (Å²) in [5.41, 5.74) is 2.76. The second-order valence-electron chi connectivity index (χ2n) is 5.02. The van der Waals surface area contributed by atoms with E-state index < -0.39 is 5.97 Å². The van der Waals surface area contributed by atoms with Crippen LogP contribution in [0.3, 0.4) is 0 Å². The van der Waals surface area contributed by atoms with Gasteiger partial charge in [-0.15, -0.1) is 11.3 Å². The molecule has 0 saturated heterocycles. The van der Waals surface area contributed by atoms with Gasteiger partial charge in [0, 0.05) is 10.6 Å². The Labute approximate surface area is 143 Å². The summed E-state index contributed by atoms with van der Waals surface area (Å²) in [5, 5.41) is 6.84. The highest BCUT2D eigenvalue weighted by Gasteiger charge is 2.20. The maximum Gasteiger partial charge on any atom is 0.341 e. The summed E-state index contributed by atoms with van der Waals surface area (Å²) in [4.78, 5) is 12.9. The summed E-state index contributed by atoms with van der Waals surface area (Å²) in [7, 11) is 1.34. The number of esters is 1. The molecule has 0 atom stereocenters. The van der Waals surface area contributed by atoms with Gasteiger partial charge in [-0.25, -0.2) is 9.18 Å². The second kappa shape index (κ2) is 7.06. The Morgan fingerprint density at radius 2 is 1.96 bits per heavy atom. The fraction of sp³-hybridized carbons (Fsp3) is 0.250. The van der Waals surface area contributed by atoms with Gasteiger partial charge in [0.2, 0.25) is 0 Å². The van der Waals surface area contributed by atoms with Crippen molar-refractivity contribution in [1.29, 1.82) is 0 Å². The quantitative estimate of drug-likeness (QED) is 0.633. The zero-order valence-corrected chi connectivity index (χ0v) is 14.9. The van der Waals surface area contributed by atoms with Crippen molar-refractivity contribution in [2.75, 3.05) is 17.7 Å². The van der Waals surface area contributed by atoms with Crippen LogP contribution in [0.1, 0.15) is 26.4 Å². The third-order valence-corrected chi connectivity index (χ3v) is 4.78. The predicted molar refractivity (Wildman–Crippen MR) is 96.1 cm³/mol. The van der Waals surface area contributed by atoms with Crippen LogP contribution < -0.4 is 10.6 Å². The Bertz CT molecular complexity index is 772. The number of anilines is 2. The van der Waals surface area contributed by atoms with Gasteiger partial charge in [0.1, 0.15) is 10.8 Å². The van der Waals surface area contributed by atoms with Gasteiger partial charge in [0.25, 0.3) is 0 Å². The van der Waals surface area contributed by atoms with Crippen molar-refractivity contribution in [1.82, 2.24) is 0 Å². The molecule has 0 saturated carbocycles. The van der Waals surface area contributed by atoms with E-state index in [1.54, 1.807) is 6.07 Å². The van der Waals surface area contributed by atoms with Crippen LogP contribution in [0.2, 0.25) is 0 Å². The van der Waals surface area contributed by atoms with Crippen molar-refractivity contribution >= 4 is 45.3 Å². The molecule has 1 aromatic heterocycles. The number of benzene rings is 1. The molecule has 4 nitrogen and oxygen atoms in total. The van der Waals surface area contributed by atoms with E-state index in [0.29, 0.717) is 16.3 Å². The zero-order chi connectivity index (χ0) is 17.1. The monoisotopic (exact) mass is 352 g/mol. The van der Waals surface area contributed by atoms with Crippen LogP contribution in [0.5, 0.6) is 0 Å². The summed E-state index contributed by atoms with van der Waals surface area (Å²) in [6.07, 6.45) is 0. The number of ether oxygens (including phenoxy) is 1. The van der Waals surface area contributed by atoms with E-state index in [1.165, 1.54) is 30.6 Å². The second-order valence-corrected chi connectivity index (χ2v) is 6.65. The lowest BCUT2D eigenvalue weighted by Gasteiger charge is -2.12. The fourth-order valence-corrected chi connectivity index (χ4v) is 3.38. The first-order valence-electron chi connectivity index (χ1n) is 6.86. The van der Waals surface area contributed by atoms with Crippen LogP contribution in [-0.4, -0.2) is 18.2 Å². The van der Waals surface area contributed by atoms with Gasteiger partial charge in [-0.05, 0) is 56.2 Å². The Kier molecular flexibility index (Phi) is 5.33. The summed E-state index contributed by atoms with van der Waals surface area (Å²) in [6.45, 7) is 5.63. The maximum atomic E-state index is 13.3. The molecule has 0 fully saturated rings. The molecule has 1 heterocycles. The van der Waals surface area contributed by atoms with Crippen molar-refractivity contribution < 1.29 is 13.9 Å². The maximum absolute atomic E-state index is 13.3. The van der Waals surface area contributed by atoms with E-state index >= 15 is 0 Å². The summed E-state index contributed by atoms with van der Waals surface area (Å²) in [6, 6.07) is 4.42. The summed E-state index contributed by atoms with van der Waals surface area (Å²) in [5.74, 6) is -0.766. The molecule has 0 radical (unpaired) electrons. The Balaban J connectivity index is 2.22. The molecule has 0 spiro atoms. The van der Waals surface area contributed by atoms with E-state index in [0.717, 1.165) is 16.0 Å². The van der Waals surface area contributed by atoms with Crippen LogP contribution in [0.15, 0.2) is 18.2 Å². The number of hydrogen-bond acceptors (Lipinski definition) is 4. The minimum atomic E-state index is -0.418. The van der Waals surface area contributed by atoms with E-state index in [-0.39, 0.29) is 10.9 Å². The lowest BCUT2D eigenvalue weighted by molar-refractivity contribution is 0.0601.